The van der Waals surface area contributed by atoms with Crippen molar-refractivity contribution in [1.29, 1.82) is 0 Å². The third kappa shape index (κ3) is 3.20. The number of nitrogens with one attached hydrogen (secondary N) is 1. The first-order valence-electron chi connectivity index (χ1n) is 5.81. The standard InChI is InChI=1S/C11H20N2O3/c12-6-3-7-13-9(14)8-11(10(15)16)4-1-2-5-11/h1-8,12H2,(H,13,14)(H,15,16). The maximum absolute atomic E-state index is 11.6. The Kier molecular flexibility index (Phi) is 4.73. The number of rotatable bonds is 6. The number of amides is 1. The number of carboxylic acid groups (broad SMARTS) is 1. The number of carbonyl (C=O) groups excluding carboxylic acids is 1. The second kappa shape index (κ2) is 5.84. The summed E-state index contributed by atoms with van der Waals surface area (Å²) in [6.07, 6.45) is 3.88. The molecule has 0 aliphatic heterocycles. The van der Waals surface area contributed by atoms with Gasteiger partial charge >= 0.3 is 5.97 Å². The molecule has 4 N–H and O–H groups in total. The molecule has 0 aromatic rings. The third-order valence-corrected chi connectivity index (χ3v) is 3.22. The number of carbonyl (C=O) groups is 2. The van der Waals surface area contributed by atoms with Crippen molar-refractivity contribution in [3.8, 4) is 0 Å². The van der Waals surface area contributed by atoms with E-state index in [1.54, 1.807) is 0 Å². The highest BCUT2D eigenvalue weighted by Crippen LogP contribution is 2.41. The van der Waals surface area contributed by atoms with E-state index in [0.717, 1.165) is 19.3 Å². The van der Waals surface area contributed by atoms with E-state index in [1.165, 1.54) is 0 Å². The summed E-state index contributed by atoms with van der Waals surface area (Å²) in [5.74, 6) is -1.00. The zero-order valence-electron chi connectivity index (χ0n) is 9.50. The van der Waals surface area contributed by atoms with Gasteiger partial charge in [0.05, 0.1) is 5.41 Å². The summed E-state index contributed by atoms with van der Waals surface area (Å²) >= 11 is 0. The van der Waals surface area contributed by atoms with Crippen molar-refractivity contribution in [2.45, 2.75) is 38.5 Å². The Morgan fingerprint density at radius 1 is 1.31 bits per heavy atom. The van der Waals surface area contributed by atoms with Crippen LogP contribution in [-0.2, 0) is 9.59 Å². The predicted octanol–water partition coefficient (Wildman–Crippen LogP) is 0.486. The van der Waals surface area contributed by atoms with Crippen LogP contribution in [0.1, 0.15) is 38.5 Å². The Morgan fingerprint density at radius 2 is 1.94 bits per heavy atom. The molecule has 5 heteroatoms. The molecule has 16 heavy (non-hydrogen) atoms. The van der Waals surface area contributed by atoms with Gasteiger partial charge in [-0.05, 0) is 25.8 Å². The minimum absolute atomic E-state index is 0.104. The Morgan fingerprint density at radius 3 is 2.44 bits per heavy atom. The first kappa shape index (κ1) is 13.0. The molecule has 5 nitrogen and oxygen atoms in total. The minimum Gasteiger partial charge on any atom is -0.481 e. The van der Waals surface area contributed by atoms with Gasteiger partial charge in [-0.3, -0.25) is 9.59 Å². The summed E-state index contributed by atoms with van der Waals surface area (Å²) in [6.45, 7) is 1.06. The first-order chi connectivity index (χ1) is 7.60. The lowest BCUT2D eigenvalue weighted by Gasteiger charge is -2.22. The van der Waals surface area contributed by atoms with Gasteiger partial charge in [0, 0.05) is 13.0 Å². The van der Waals surface area contributed by atoms with Crippen molar-refractivity contribution in [2.24, 2.45) is 11.1 Å². The van der Waals surface area contributed by atoms with Crippen molar-refractivity contribution >= 4 is 11.9 Å². The van der Waals surface area contributed by atoms with Gasteiger partial charge in [0.2, 0.25) is 5.91 Å². The van der Waals surface area contributed by atoms with Crippen molar-refractivity contribution < 1.29 is 14.7 Å². The molecule has 0 aromatic carbocycles. The summed E-state index contributed by atoms with van der Waals surface area (Å²) in [5.41, 5.74) is 4.49. The largest absolute Gasteiger partial charge is 0.481 e. The van der Waals surface area contributed by atoms with Crippen LogP contribution in [0.3, 0.4) is 0 Å². The summed E-state index contributed by atoms with van der Waals surface area (Å²) in [4.78, 5) is 22.8. The highest BCUT2D eigenvalue weighted by atomic mass is 16.4. The summed E-state index contributed by atoms with van der Waals surface area (Å²) in [5, 5.41) is 11.9. The van der Waals surface area contributed by atoms with Crippen LogP contribution in [-0.4, -0.2) is 30.1 Å². The molecule has 0 spiro atoms. The summed E-state index contributed by atoms with van der Waals surface area (Å²) < 4.78 is 0. The van der Waals surface area contributed by atoms with Gasteiger partial charge in [0.15, 0.2) is 0 Å². The van der Waals surface area contributed by atoms with Gasteiger partial charge in [-0.25, -0.2) is 0 Å². The molecule has 1 rings (SSSR count). The average Bonchev–Trinajstić information content (AvgIpc) is 2.68. The van der Waals surface area contributed by atoms with Crippen molar-refractivity contribution in [3.63, 3.8) is 0 Å². The Labute approximate surface area is 95.4 Å². The number of carboxylic acids is 1. The molecule has 0 bridgehead atoms. The zero-order chi connectivity index (χ0) is 12.0. The van der Waals surface area contributed by atoms with E-state index in [2.05, 4.69) is 5.32 Å². The molecule has 1 fully saturated rings. The molecule has 0 aromatic heterocycles. The zero-order valence-corrected chi connectivity index (χ0v) is 9.50. The average molecular weight is 228 g/mol. The van der Waals surface area contributed by atoms with Gasteiger partial charge in [-0.15, -0.1) is 0 Å². The monoisotopic (exact) mass is 228 g/mol. The van der Waals surface area contributed by atoms with Crippen LogP contribution in [0.2, 0.25) is 0 Å². The quantitative estimate of drug-likeness (QED) is 0.577. The van der Waals surface area contributed by atoms with E-state index in [4.69, 9.17) is 5.73 Å². The van der Waals surface area contributed by atoms with Crippen LogP contribution in [0.25, 0.3) is 0 Å². The van der Waals surface area contributed by atoms with Gasteiger partial charge in [0.1, 0.15) is 0 Å². The van der Waals surface area contributed by atoms with Crippen molar-refractivity contribution in [1.82, 2.24) is 5.32 Å². The maximum atomic E-state index is 11.6. The van der Waals surface area contributed by atoms with E-state index in [1.807, 2.05) is 0 Å². The number of aliphatic carboxylic acids is 1. The normalized spacial score (nSPS) is 18.3. The molecule has 92 valence electrons. The van der Waals surface area contributed by atoms with E-state index in [9.17, 15) is 14.7 Å². The van der Waals surface area contributed by atoms with E-state index >= 15 is 0 Å². The van der Waals surface area contributed by atoms with Crippen LogP contribution in [0.4, 0.5) is 0 Å². The molecule has 1 saturated carbocycles. The Balaban J connectivity index is 2.43. The predicted molar refractivity (Wildman–Crippen MR) is 59.8 cm³/mol. The molecule has 0 saturated heterocycles. The van der Waals surface area contributed by atoms with Crippen LogP contribution >= 0.6 is 0 Å². The fourth-order valence-corrected chi connectivity index (χ4v) is 2.22. The minimum atomic E-state index is -0.834. The fourth-order valence-electron chi connectivity index (χ4n) is 2.22. The molecule has 0 unspecified atom stereocenters. The lowest BCUT2D eigenvalue weighted by molar-refractivity contribution is -0.151. The van der Waals surface area contributed by atoms with Crippen LogP contribution in [0.5, 0.6) is 0 Å². The second-order valence-electron chi connectivity index (χ2n) is 4.46. The van der Waals surface area contributed by atoms with E-state index in [0.29, 0.717) is 25.9 Å². The first-order valence-corrected chi connectivity index (χ1v) is 5.81. The lowest BCUT2D eigenvalue weighted by atomic mass is 9.82. The number of nitrogens with two attached hydrogens (primary N) is 1. The van der Waals surface area contributed by atoms with Gasteiger partial charge in [-0.1, -0.05) is 12.8 Å². The molecule has 1 aliphatic carbocycles. The fraction of sp³-hybridized carbons (Fsp3) is 0.818. The van der Waals surface area contributed by atoms with Gasteiger partial charge in [0.25, 0.3) is 0 Å². The van der Waals surface area contributed by atoms with Crippen LogP contribution in [0, 0.1) is 5.41 Å². The van der Waals surface area contributed by atoms with Gasteiger partial charge < -0.3 is 16.2 Å². The smallest absolute Gasteiger partial charge is 0.310 e. The maximum Gasteiger partial charge on any atom is 0.310 e. The van der Waals surface area contributed by atoms with Crippen molar-refractivity contribution in [3.05, 3.63) is 0 Å². The van der Waals surface area contributed by atoms with Crippen LogP contribution in [0.15, 0.2) is 0 Å². The SMILES string of the molecule is NCCCNC(=O)CC1(C(=O)O)CCCC1. The molecular formula is C11H20N2O3. The summed E-state index contributed by atoms with van der Waals surface area (Å²) in [7, 11) is 0. The molecular weight excluding hydrogens is 208 g/mol. The molecule has 0 atom stereocenters. The molecule has 0 radical (unpaired) electrons. The van der Waals surface area contributed by atoms with Gasteiger partial charge in [-0.2, -0.15) is 0 Å². The molecule has 1 amide bonds. The molecule has 0 heterocycles. The third-order valence-electron chi connectivity index (χ3n) is 3.22. The van der Waals surface area contributed by atoms with Crippen molar-refractivity contribution in [2.75, 3.05) is 13.1 Å². The lowest BCUT2D eigenvalue weighted by Crippen LogP contribution is -2.36. The van der Waals surface area contributed by atoms with E-state index in [-0.39, 0.29) is 12.3 Å². The number of hydrogen-bond acceptors (Lipinski definition) is 3. The highest BCUT2D eigenvalue weighted by molar-refractivity contribution is 5.85. The summed E-state index contributed by atoms with van der Waals surface area (Å²) in [6, 6.07) is 0. The van der Waals surface area contributed by atoms with E-state index < -0.39 is 11.4 Å². The number of hydrogen-bond donors (Lipinski definition) is 3. The topological polar surface area (TPSA) is 92.4 Å². The molecule has 1 aliphatic rings. The Bertz CT molecular complexity index is 260. The highest BCUT2D eigenvalue weighted by Gasteiger charge is 2.42. The Hall–Kier alpha value is -1.10. The second-order valence-corrected chi connectivity index (χ2v) is 4.46. The van der Waals surface area contributed by atoms with Crippen LogP contribution < -0.4 is 11.1 Å².